The van der Waals surface area contributed by atoms with E-state index in [4.69, 9.17) is 21.1 Å². The van der Waals surface area contributed by atoms with E-state index in [1.807, 2.05) is 12.1 Å². The maximum absolute atomic E-state index is 6.46. The Balaban J connectivity index is 2.31. The summed E-state index contributed by atoms with van der Waals surface area (Å²) in [6.45, 7) is 3.19. The van der Waals surface area contributed by atoms with Crippen LogP contribution in [0.1, 0.15) is 44.2 Å². The van der Waals surface area contributed by atoms with Crippen molar-refractivity contribution in [3.63, 3.8) is 0 Å². The monoisotopic (exact) mass is 297 g/mol. The first-order valence-corrected chi connectivity index (χ1v) is 7.73. The van der Waals surface area contributed by atoms with Crippen molar-refractivity contribution in [2.45, 2.75) is 38.6 Å². The van der Waals surface area contributed by atoms with E-state index in [1.54, 1.807) is 14.2 Å². The Bertz CT molecular complexity index is 446. The normalized spacial score (nSPS) is 16.6. The lowest BCUT2D eigenvalue weighted by atomic mass is 9.77. The zero-order valence-electron chi connectivity index (χ0n) is 12.5. The Kier molecular flexibility index (Phi) is 5.55. The first-order valence-electron chi connectivity index (χ1n) is 7.36. The van der Waals surface area contributed by atoms with Gasteiger partial charge in [0.15, 0.2) is 11.5 Å². The van der Waals surface area contributed by atoms with E-state index in [2.05, 4.69) is 12.2 Å². The number of rotatable bonds is 7. The molecule has 1 atom stereocenters. The fourth-order valence-electron chi connectivity index (χ4n) is 2.71. The van der Waals surface area contributed by atoms with Gasteiger partial charge in [0.2, 0.25) is 0 Å². The molecule has 1 aromatic rings. The minimum Gasteiger partial charge on any atom is -0.493 e. The number of hydrogen-bond donors (Lipinski definition) is 1. The third-order valence-electron chi connectivity index (χ3n) is 4.07. The van der Waals surface area contributed by atoms with Crippen LogP contribution in [0.5, 0.6) is 11.5 Å². The highest BCUT2D eigenvalue weighted by atomic mass is 35.5. The van der Waals surface area contributed by atoms with Crippen molar-refractivity contribution in [2.75, 3.05) is 20.8 Å². The Hall–Kier alpha value is -0.930. The molecule has 0 spiro atoms. The van der Waals surface area contributed by atoms with E-state index in [0.717, 1.165) is 29.3 Å². The highest BCUT2D eigenvalue weighted by molar-refractivity contribution is 6.31. The fourth-order valence-corrected chi connectivity index (χ4v) is 2.98. The van der Waals surface area contributed by atoms with E-state index in [9.17, 15) is 0 Å². The molecule has 1 unspecified atom stereocenters. The first kappa shape index (κ1) is 15.5. The van der Waals surface area contributed by atoms with E-state index in [1.165, 1.54) is 19.3 Å². The summed E-state index contributed by atoms with van der Waals surface area (Å²) in [7, 11) is 3.29. The van der Waals surface area contributed by atoms with Crippen molar-refractivity contribution in [2.24, 2.45) is 5.92 Å². The molecule has 0 bridgehead atoms. The largest absolute Gasteiger partial charge is 0.493 e. The molecule has 1 fully saturated rings. The predicted molar refractivity (Wildman–Crippen MR) is 82.9 cm³/mol. The molecule has 1 aromatic carbocycles. The maximum Gasteiger partial charge on any atom is 0.162 e. The van der Waals surface area contributed by atoms with Crippen LogP contribution in [0.25, 0.3) is 0 Å². The minimum atomic E-state index is 0.316. The van der Waals surface area contributed by atoms with Crippen LogP contribution < -0.4 is 14.8 Å². The summed E-state index contributed by atoms with van der Waals surface area (Å²) in [6.07, 6.45) is 4.98. The molecule has 1 N–H and O–H groups in total. The van der Waals surface area contributed by atoms with Crippen LogP contribution in [0.3, 0.4) is 0 Å². The molecule has 0 aromatic heterocycles. The van der Waals surface area contributed by atoms with Gasteiger partial charge in [0.25, 0.3) is 0 Å². The third kappa shape index (κ3) is 3.21. The quantitative estimate of drug-likeness (QED) is 0.818. The number of benzene rings is 1. The summed E-state index contributed by atoms with van der Waals surface area (Å²) < 4.78 is 10.7. The lowest BCUT2D eigenvalue weighted by Gasteiger charge is -2.35. The molecule has 2 rings (SSSR count). The van der Waals surface area contributed by atoms with Crippen LogP contribution in [0.15, 0.2) is 12.1 Å². The zero-order chi connectivity index (χ0) is 14.5. The van der Waals surface area contributed by atoms with Crippen molar-refractivity contribution in [1.82, 2.24) is 5.32 Å². The van der Waals surface area contributed by atoms with Gasteiger partial charge in [0, 0.05) is 17.1 Å². The van der Waals surface area contributed by atoms with Gasteiger partial charge in [-0.15, -0.1) is 0 Å². The smallest absolute Gasteiger partial charge is 0.162 e. The second-order valence-electron chi connectivity index (χ2n) is 5.35. The van der Waals surface area contributed by atoms with E-state index >= 15 is 0 Å². The van der Waals surface area contributed by atoms with Gasteiger partial charge < -0.3 is 14.8 Å². The average molecular weight is 298 g/mol. The summed E-state index contributed by atoms with van der Waals surface area (Å²) in [4.78, 5) is 0. The summed E-state index contributed by atoms with van der Waals surface area (Å²) in [5.41, 5.74) is 1.13. The summed E-state index contributed by atoms with van der Waals surface area (Å²) >= 11 is 6.46. The number of methoxy groups -OCH3 is 2. The summed E-state index contributed by atoms with van der Waals surface area (Å²) in [6, 6.07) is 4.19. The Labute approximate surface area is 126 Å². The van der Waals surface area contributed by atoms with Crippen molar-refractivity contribution < 1.29 is 9.47 Å². The van der Waals surface area contributed by atoms with Crippen molar-refractivity contribution in [3.8, 4) is 11.5 Å². The third-order valence-corrected chi connectivity index (χ3v) is 4.40. The molecular weight excluding hydrogens is 274 g/mol. The Morgan fingerprint density at radius 1 is 1.25 bits per heavy atom. The molecule has 4 heteroatoms. The zero-order valence-corrected chi connectivity index (χ0v) is 13.3. The fraction of sp³-hybridized carbons (Fsp3) is 0.625. The van der Waals surface area contributed by atoms with Gasteiger partial charge in [-0.2, -0.15) is 0 Å². The van der Waals surface area contributed by atoms with Gasteiger partial charge in [0.1, 0.15) is 0 Å². The lowest BCUT2D eigenvalue weighted by molar-refractivity contribution is 0.230. The first-order chi connectivity index (χ1) is 9.71. The van der Waals surface area contributed by atoms with Gasteiger partial charge >= 0.3 is 0 Å². The Morgan fingerprint density at radius 3 is 2.40 bits per heavy atom. The molecule has 1 aliphatic rings. The van der Waals surface area contributed by atoms with E-state index < -0.39 is 0 Å². The second-order valence-corrected chi connectivity index (χ2v) is 5.76. The topological polar surface area (TPSA) is 30.5 Å². The second kappa shape index (κ2) is 7.19. The van der Waals surface area contributed by atoms with Crippen molar-refractivity contribution in [1.29, 1.82) is 0 Å². The van der Waals surface area contributed by atoms with Gasteiger partial charge in [-0.3, -0.25) is 0 Å². The van der Waals surface area contributed by atoms with Crippen LogP contribution in [0.2, 0.25) is 5.02 Å². The predicted octanol–water partition coefficient (Wildman–Crippen LogP) is 4.20. The number of halogens is 1. The van der Waals surface area contributed by atoms with E-state index in [0.29, 0.717) is 17.7 Å². The molecular formula is C16H24ClNO2. The molecule has 0 heterocycles. The van der Waals surface area contributed by atoms with Crippen LogP contribution in [0.4, 0.5) is 0 Å². The van der Waals surface area contributed by atoms with Crippen LogP contribution in [0, 0.1) is 5.92 Å². The van der Waals surface area contributed by atoms with Crippen molar-refractivity contribution >= 4 is 11.6 Å². The highest BCUT2D eigenvalue weighted by Gasteiger charge is 2.30. The summed E-state index contributed by atoms with van der Waals surface area (Å²) in [5, 5.41) is 4.39. The molecule has 3 nitrogen and oxygen atoms in total. The maximum atomic E-state index is 6.46. The molecule has 1 saturated carbocycles. The molecule has 112 valence electrons. The number of ether oxygens (including phenoxy) is 2. The summed E-state index contributed by atoms with van der Waals surface area (Å²) in [5.74, 6) is 2.11. The van der Waals surface area contributed by atoms with Gasteiger partial charge in [-0.05, 0) is 43.4 Å². The van der Waals surface area contributed by atoms with Gasteiger partial charge in [0.05, 0.1) is 14.2 Å². The molecule has 0 saturated heterocycles. The molecule has 0 amide bonds. The standard InChI is InChI=1S/C16H24ClNO2/c1-4-8-18-16(11-6-5-7-11)12-9-14(19-2)15(20-3)10-13(12)17/h9-11,16,18H,4-8H2,1-3H3. The SMILES string of the molecule is CCCNC(c1cc(OC)c(OC)cc1Cl)C1CCC1. The van der Waals surface area contributed by atoms with E-state index in [-0.39, 0.29) is 0 Å². The van der Waals surface area contributed by atoms with Crippen LogP contribution >= 0.6 is 11.6 Å². The lowest BCUT2D eigenvalue weighted by Crippen LogP contribution is -2.32. The number of nitrogens with one attached hydrogen (secondary N) is 1. The highest BCUT2D eigenvalue weighted by Crippen LogP contribution is 2.43. The Morgan fingerprint density at radius 2 is 1.90 bits per heavy atom. The molecule has 20 heavy (non-hydrogen) atoms. The minimum absolute atomic E-state index is 0.316. The average Bonchev–Trinajstić information content (AvgIpc) is 2.41. The van der Waals surface area contributed by atoms with Gasteiger partial charge in [-0.25, -0.2) is 0 Å². The van der Waals surface area contributed by atoms with Gasteiger partial charge in [-0.1, -0.05) is 24.9 Å². The van der Waals surface area contributed by atoms with Crippen molar-refractivity contribution in [3.05, 3.63) is 22.7 Å². The van der Waals surface area contributed by atoms with Crippen LogP contribution in [-0.4, -0.2) is 20.8 Å². The molecule has 0 radical (unpaired) electrons. The number of hydrogen-bond acceptors (Lipinski definition) is 3. The molecule has 0 aliphatic heterocycles. The molecule has 1 aliphatic carbocycles. The van der Waals surface area contributed by atoms with Crippen LogP contribution in [-0.2, 0) is 0 Å².